The molecule has 1 aromatic rings. The third-order valence-corrected chi connectivity index (χ3v) is 4.73. The molecule has 1 atom stereocenters. The number of nitrogens with one attached hydrogen (secondary N) is 1. The maximum atomic E-state index is 3.78. The molecule has 0 aromatic heterocycles. The molecule has 1 aliphatic rings. The number of allylic oxidation sites excluding steroid dienone is 1. The van der Waals surface area contributed by atoms with Crippen molar-refractivity contribution >= 4 is 15.9 Å². The van der Waals surface area contributed by atoms with Crippen LogP contribution in [-0.4, -0.2) is 30.6 Å². The van der Waals surface area contributed by atoms with E-state index in [0.29, 0.717) is 12.1 Å². The van der Waals surface area contributed by atoms with Crippen LogP contribution in [0.3, 0.4) is 0 Å². The summed E-state index contributed by atoms with van der Waals surface area (Å²) in [6.07, 6.45) is 4.83. The van der Waals surface area contributed by atoms with Gasteiger partial charge in [-0.3, -0.25) is 4.90 Å². The first-order valence-corrected chi connectivity index (χ1v) is 8.71. The lowest BCUT2D eigenvalue weighted by atomic mass is 10.0. The van der Waals surface area contributed by atoms with Gasteiger partial charge in [-0.25, -0.2) is 0 Å². The van der Waals surface area contributed by atoms with E-state index in [2.05, 4.69) is 77.3 Å². The molecule has 1 N–H and O–H groups in total. The van der Waals surface area contributed by atoms with Crippen molar-refractivity contribution in [3.63, 3.8) is 0 Å². The largest absolute Gasteiger partial charge is 0.307 e. The van der Waals surface area contributed by atoms with Gasteiger partial charge in [-0.2, -0.15) is 0 Å². The zero-order valence-electron chi connectivity index (χ0n) is 13.4. The van der Waals surface area contributed by atoms with Crippen LogP contribution in [0.25, 0.3) is 0 Å². The summed E-state index contributed by atoms with van der Waals surface area (Å²) >= 11 is 3.49. The second kappa shape index (κ2) is 8.11. The molecular weight excluding hydrogens is 324 g/mol. The average molecular weight is 351 g/mol. The van der Waals surface area contributed by atoms with Crippen molar-refractivity contribution < 1.29 is 0 Å². The maximum Gasteiger partial charge on any atom is 0.0294 e. The van der Waals surface area contributed by atoms with Crippen LogP contribution >= 0.6 is 15.9 Å². The van der Waals surface area contributed by atoms with E-state index in [1.54, 1.807) is 0 Å². The van der Waals surface area contributed by atoms with E-state index in [9.17, 15) is 0 Å². The molecule has 2 rings (SSSR count). The van der Waals surface area contributed by atoms with Crippen molar-refractivity contribution in [3.8, 4) is 0 Å². The lowest BCUT2D eigenvalue weighted by Gasteiger charge is -2.33. The smallest absolute Gasteiger partial charge is 0.0294 e. The van der Waals surface area contributed by atoms with Crippen LogP contribution in [0, 0.1) is 0 Å². The monoisotopic (exact) mass is 350 g/mol. The minimum absolute atomic E-state index is 0.424. The fraction of sp³-hybridized carbons (Fsp3) is 0.556. The molecule has 2 nitrogen and oxygen atoms in total. The van der Waals surface area contributed by atoms with Crippen LogP contribution in [0.5, 0.6) is 0 Å². The van der Waals surface area contributed by atoms with Gasteiger partial charge in [0.25, 0.3) is 0 Å². The second-order valence-corrected chi connectivity index (χ2v) is 7.21. The molecule has 1 saturated heterocycles. The minimum atomic E-state index is 0.424. The normalized spacial score (nSPS) is 18.5. The van der Waals surface area contributed by atoms with E-state index in [0.717, 1.165) is 11.0 Å². The molecule has 1 aliphatic heterocycles. The lowest BCUT2D eigenvalue weighted by molar-refractivity contribution is 0.208. The molecule has 1 heterocycles. The van der Waals surface area contributed by atoms with Gasteiger partial charge in [0.05, 0.1) is 0 Å². The summed E-state index contributed by atoms with van der Waals surface area (Å²) in [5.74, 6) is 0. The van der Waals surface area contributed by atoms with Gasteiger partial charge in [0.2, 0.25) is 0 Å². The fourth-order valence-corrected chi connectivity index (χ4v) is 3.06. The summed E-state index contributed by atoms with van der Waals surface area (Å²) in [5, 5.41) is 3.78. The Morgan fingerprint density at radius 3 is 2.48 bits per heavy atom. The Bertz CT molecular complexity index is 455. The van der Waals surface area contributed by atoms with Gasteiger partial charge >= 0.3 is 0 Å². The van der Waals surface area contributed by atoms with E-state index < -0.39 is 0 Å². The Hall–Kier alpha value is -0.640. The van der Waals surface area contributed by atoms with Crippen molar-refractivity contribution in [2.45, 2.75) is 45.7 Å². The Morgan fingerprint density at radius 2 is 1.90 bits per heavy atom. The molecule has 0 bridgehead atoms. The molecule has 0 radical (unpaired) electrons. The van der Waals surface area contributed by atoms with Gasteiger partial charge in [0.1, 0.15) is 0 Å². The number of piperidine rings is 1. The van der Waals surface area contributed by atoms with E-state index in [-0.39, 0.29) is 0 Å². The van der Waals surface area contributed by atoms with Crippen LogP contribution < -0.4 is 5.32 Å². The van der Waals surface area contributed by atoms with Crippen LogP contribution in [0.15, 0.2) is 40.4 Å². The predicted octanol–water partition coefficient (Wildman–Crippen LogP) is 4.53. The molecule has 1 fully saturated rings. The molecule has 1 unspecified atom stereocenters. The Balaban J connectivity index is 1.78. The van der Waals surface area contributed by atoms with Gasteiger partial charge < -0.3 is 5.32 Å². The quantitative estimate of drug-likeness (QED) is 0.784. The Morgan fingerprint density at radius 1 is 1.29 bits per heavy atom. The zero-order valence-corrected chi connectivity index (χ0v) is 15.0. The van der Waals surface area contributed by atoms with E-state index in [1.165, 1.54) is 37.1 Å². The first kappa shape index (κ1) is 16.7. The number of hydrogen-bond donors (Lipinski definition) is 1. The van der Waals surface area contributed by atoms with Crippen LogP contribution in [0.2, 0.25) is 0 Å². The average Bonchev–Trinajstić information content (AvgIpc) is 2.47. The van der Waals surface area contributed by atoms with Crippen LogP contribution in [-0.2, 0) is 0 Å². The van der Waals surface area contributed by atoms with Gasteiger partial charge in [0.15, 0.2) is 0 Å². The number of halogens is 1. The van der Waals surface area contributed by atoms with Crippen LogP contribution in [0.1, 0.15) is 45.2 Å². The molecule has 1 aromatic carbocycles. The van der Waals surface area contributed by atoms with Gasteiger partial charge in [-0.1, -0.05) is 39.7 Å². The summed E-state index contributed by atoms with van der Waals surface area (Å²) < 4.78 is 1.14. The van der Waals surface area contributed by atoms with Gasteiger partial charge in [-0.15, -0.1) is 0 Å². The summed E-state index contributed by atoms with van der Waals surface area (Å²) in [7, 11) is 0. The molecule has 21 heavy (non-hydrogen) atoms. The third kappa shape index (κ3) is 5.57. The van der Waals surface area contributed by atoms with Crippen LogP contribution in [0.4, 0.5) is 0 Å². The molecule has 0 saturated carbocycles. The number of nitrogens with zero attached hydrogens (tertiary/aromatic N) is 1. The fourth-order valence-electron chi connectivity index (χ4n) is 2.80. The summed E-state index contributed by atoms with van der Waals surface area (Å²) in [4.78, 5) is 2.55. The zero-order chi connectivity index (χ0) is 15.2. The van der Waals surface area contributed by atoms with E-state index in [4.69, 9.17) is 0 Å². The van der Waals surface area contributed by atoms with Gasteiger partial charge in [-0.05, 0) is 64.4 Å². The number of rotatable bonds is 5. The molecule has 0 spiro atoms. The summed E-state index contributed by atoms with van der Waals surface area (Å²) in [6.45, 7) is 10.1. The van der Waals surface area contributed by atoms with Crippen molar-refractivity contribution in [2.24, 2.45) is 0 Å². The minimum Gasteiger partial charge on any atom is -0.307 e. The SMILES string of the molecule is CC(C)=CCN1CCC(NC(C)c2ccc(Br)cc2)CC1. The highest BCUT2D eigenvalue weighted by Crippen LogP contribution is 2.19. The molecule has 0 aliphatic carbocycles. The third-order valence-electron chi connectivity index (χ3n) is 4.20. The predicted molar refractivity (Wildman–Crippen MR) is 94.6 cm³/mol. The summed E-state index contributed by atoms with van der Waals surface area (Å²) in [5.41, 5.74) is 2.78. The highest BCUT2D eigenvalue weighted by molar-refractivity contribution is 9.10. The van der Waals surface area contributed by atoms with E-state index >= 15 is 0 Å². The first-order chi connectivity index (χ1) is 10.0. The first-order valence-electron chi connectivity index (χ1n) is 7.92. The van der Waals surface area contributed by atoms with E-state index in [1.807, 2.05) is 0 Å². The van der Waals surface area contributed by atoms with Crippen molar-refractivity contribution in [3.05, 3.63) is 46.0 Å². The number of hydrogen-bond acceptors (Lipinski definition) is 2. The highest BCUT2D eigenvalue weighted by atomic mass is 79.9. The number of likely N-dealkylation sites (tertiary alicyclic amines) is 1. The number of benzene rings is 1. The molecule has 3 heteroatoms. The molecular formula is C18H27BrN2. The topological polar surface area (TPSA) is 15.3 Å². The Kier molecular flexibility index (Phi) is 6.46. The standard InChI is InChI=1S/C18H27BrN2/c1-14(2)8-11-21-12-9-18(10-13-21)20-15(3)16-4-6-17(19)7-5-16/h4-8,15,18,20H,9-13H2,1-3H3. The Labute approximate surface area is 137 Å². The maximum absolute atomic E-state index is 3.78. The second-order valence-electron chi connectivity index (χ2n) is 6.30. The molecule has 116 valence electrons. The van der Waals surface area contributed by atoms with Gasteiger partial charge in [0, 0.05) is 23.1 Å². The van der Waals surface area contributed by atoms with Crippen molar-refractivity contribution in [1.82, 2.24) is 10.2 Å². The lowest BCUT2D eigenvalue weighted by Crippen LogP contribution is -2.43. The highest BCUT2D eigenvalue weighted by Gasteiger charge is 2.20. The van der Waals surface area contributed by atoms with Crippen molar-refractivity contribution in [2.75, 3.05) is 19.6 Å². The molecule has 0 amide bonds. The van der Waals surface area contributed by atoms with Crippen molar-refractivity contribution in [1.29, 1.82) is 0 Å². The summed E-state index contributed by atoms with van der Waals surface area (Å²) in [6, 6.07) is 9.71.